The summed E-state index contributed by atoms with van der Waals surface area (Å²) in [5.74, 6) is -1.42. The van der Waals surface area contributed by atoms with Gasteiger partial charge < -0.3 is 14.9 Å². The van der Waals surface area contributed by atoms with Gasteiger partial charge in [0, 0.05) is 0 Å². The van der Waals surface area contributed by atoms with Gasteiger partial charge in [0.1, 0.15) is 6.10 Å². The van der Waals surface area contributed by atoms with E-state index in [-0.39, 0.29) is 12.8 Å². The van der Waals surface area contributed by atoms with Crippen molar-refractivity contribution in [3.05, 3.63) is 0 Å². The first-order chi connectivity index (χ1) is 15.0. The first-order valence-electron chi connectivity index (χ1n) is 13.1. The number of rotatable bonds is 23. The molecule has 5 nitrogen and oxygen atoms in total. The molecule has 0 aromatic heterocycles. The van der Waals surface area contributed by atoms with Crippen molar-refractivity contribution >= 4 is 11.9 Å². The zero-order valence-corrected chi connectivity index (χ0v) is 20.4. The minimum atomic E-state index is -0.947. The smallest absolute Gasteiger partial charge is 0.308 e. The van der Waals surface area contributed by atoms with E-state index in [0.29, 0.717) is 12.8 Å². The van der Waals surface area contributed by atoms with Gasteiger partial charge in [-0.1, -0.05) is 110 Å². The van der Waals surface area contributed by atoms with Gasteiger partial charge in [0.15, 0.2) is 0 Å². The van der Waals surface area contributed by atoms with Crippen molar-refractivity contribution < 1.29 is 24.5 Å². The summed E-state index contributed by atoms with van der Waals surface area (Å²) in [6.07, 6.45) is 18.8. The third kappa shape index (κ3) is 21.9. The van der Waals surface area contributed by atoms with E-state index in [1.807, 2.05) is 0 Å². The Morgan fingerprint density at radius 1 is 0.645 bits per heavy atom. The van der Waals surface area contributed by atoms with E-state index in [1.54, 1.807) is 0 Å². The normalized spacial score (nSPS) is 13.1. The summed E-state index contributed by atoms with van der Waals surface area (Å²) in [5, 5.41) is 19.1. The zero-order chi connectivity index (χ0) is 23.2. The number of aliphatic hydroxyl groups is 1. The highest BCUT2D eigenvalue weighted by atomic mass is 16.5. The number of aliphatic carboxylic acids is 1. The fraction of sp³-hybridized carbons (Fsp3) is 0.923. The number of aliphatic hydroxyl groups excluding tert-OH is 1. The second-order valence-corrected chi connectivity index (χ2v) is 9.09. The summed E-state index contributed by atoms with van der Waals surface area (Å²) >= 11 is 0. The molecule has 0 aliphatic rings. The molecule has 31 heavy (non-hydrogen) atoms. The van der Waals surface area contributed by atoms with Crippen LogP contribution in [0.2, 0.25) is 0 Å². The summed E-state index contributed by atoms with van der Waals surface area (Å²) < 4.78 is 5.39. The van der Waals surface area contributed by atoms with Crippen LogP contribution in [0.25, 0.3) is 0 Å². The molecule has 2 N–H and O–H groups in total. The molecule has 0 saturated carbocycles. The van der Waals surface area contributed by atoms with Gasteiger partial charge in [-0.3, -0.25) is 9.59 Å². The van der Waals surface area contributed by atoms with Gasteiger partial charge in [-0.25, -0.2) is 0 Å². The molecule has 0 aliphatic carbocycles. The maximum absolute atomic E-state index is 12.1. The number of carbonyl (C=O) groups excluding carboxylic acids is 1. The molecule has 184 valence electrons. The van der Waals surface area contributed by atoms with Gasteiger partial charge in [0.25, 0.3) is 0 Å². The summed E-state index contributed by atoms with van der Waals surface area (Å²) in [5.41, 5.74) is 0. The first kappa shape index (κ1) is 29.9. The number of carboxylic acid groups (broad SMARTS) is 1. The van der Waals surface area contributed by atoms with Crippen molar-refractivity contribution in [2.24, 2.45) is 0 Å². The summed E-state index contributed by atoms with van der Waals surface area (Å²) in [7, 11) is 0. The highest BCUT2D eigenvalue weighted by molar-refractivity contribution is 5.71. The van der Waals surface area contributed by atoms with Crippen LogP contribution in [0, 0.1) is 0 Å². The molecule has 0 rings (SSSR count). The van der Waals surface area contributed by atoms with E-state index in [9.17, 15) is 14.7 Å². The maximum atomic E-state index is 12.1. The fourth-order valence-electron chi connectivity index (χ4n) is 3.95. The van der Waals surface area contributed by atoms with E-state index < -0.39 is 24.1 Å². The second kappa shape index (κ2) is 22.1. The zero-order valence-electron chi connectivity index (χ0n) is 20.4. The molecule has 0 aromatic rings. The molecule has 0 amide bonds. The predicted octanol–water partition coefficient (Wildman–Crippen LogP) is 7.19. The van der Waals surface area contributed by atoms with Gasteiger partial charge >= 0.3 is 11.9 Å². The van der Waals surface area contributed by atoms with E-state index in [0.717, 1.165) is 38.5 Å². The van der Waals surface area contributed by atoms with Crippen molar-refractivity contribution in [3.8, 4) is 0 Å². The fourth-order valence-corrected chi connectivity index (χ4v) is 3.95. The topological polar surface area (TPSA) is 83.8 Å². The van der Waals surface area contributed by atoms with Crippen LogP contribution in [0.5, 0.6) is 0 Å². The Morgan fingerprint density at radius 3 is 1.52 bits per heavy atom. The minimum absolute atomic E-state index is 0.0395. The molecule has 0 spiro atoms. The molecule has 2 atom stereocenters. The summed E-state index contributed by atoms with van der Waals surface area (Å²) in [6.45, 7) is 4.40. The largest absolute Gasteiger partial charge is 0.481 e. The Hall–Kier alpha value is -1.10. The minimum Gasteiger partial charge on any atom is -0.481 e. The standard InChI is InChI=1S/C26H50O5/c1-3-5-7-9-10-11-12-13-14-16-18-20-24(22-25(28)29)31-26(30)21-23(27)19-17-15-8-6-4-2/h23-24,27H,3-22H2,1-2H3,(H,28,29)/t23-,24+/m0/s1. The van der Waals surface area contributed by atoms with Crippen LogP contribution >= 0.6 is 0 Å². The van der Waals surface area contributed by atoms with Crippen molar-refractivity contribution in [2.45, 2.75) is 154 Å². The molecular formula is C26H50O5. The van der Waals surface area contributed by atoms with E-state index in [2.05, 4.69) is 13.8 Å². The Kier molecular flexibility index (Phi) is 21.3. The molecule has 0 saturated heterocycles. The maximum Gasteiger partial charge on any atom is 0.308 e. The average Bonchev–Trinajstić information content (AvgIpc) is 2.71. The van der Waals surface area contributed by atoms with Crippen LogP contribution in [-0.4, -0.2) is 34.4 Å². The Balaban J connectivity index is 3.89. The lowest BCUT2D eigenvalue weighted by molar-refractivity contribution is -0.155. The number of unbranched alkanes of at least 4 members (excludes halogenated alkanes) is 14. The number of ether oxygens (including phenoxy) is 1. The van der Waals surface area contributed by atoms with Crippen molar-refractivity contribution in [3.63, 3.8) is 0 Å². The molecule has 0 fully saturated rings. The summed E-state index contributed by atoms with van der Waals surface area (Å²) in [4.78, 5) is 23.2. The lowest BCUT2D eigenvalue weighted by atomic mass is 10.0. The number of hydrogen-bond donors (Lipinski definition) is 2. The number of esters is 1. The van der Waals surface area contributed by atoms with Crippen LogP contribution in [0.15, 0.2) is 0 Å². The summed E-state index contributed by atoms with van der Waals surface area (Å²) in [6, 6.07) is 0. The molecule has 0 heterocycles. The SMILES string of the molecule is CCCCCCCCCCCCC[C@H](CC(=O)O)OC(=O)C[C@@H](O)CCCCCCC. The van der Waals surface area contributed by atoms with Crippen LogP contribution < -0.4 is 0 Å². The monoisotopic (exact) mass is 442 g/mol. The number of carbonyl (C=O) groups is 2. The Labute approximate surface area is 191 Å². The Morgan fingerprint density at radius 2 is 1.06 bits per heavy atom. The third-order valence-electron chi connectivity index (χ3n) is 5.87. The third-order valence-corrected chi connectivity index (χ3v) is 5.87. The van der Waals surface area contributed by atoms with E-state index in [4.69, 9.17) is 9.84 Å². The average molecular weight is 443 g/mol. The number of hydrogen-bond acceptors (Lipinski definition) is 4. The van der Waals surface area contributed by atoms with Crippen LogP contribution in [0.3, 0.4) is 0 Å². The van der Waals surface area contributed by atoms with Crippen molar-refractivity contribution in [1.82, 2.24) is 0 Å². The van der Waals surface area contributed by atoms with Gasteiger partial charge in [0.05, 0.1) is 18.9 Å². The molecule has 0 unspecified atom stereocenters. The quantitative estimate of drug-likeness (QED) is 0.129. The molecule has 0 bridgehead atoms. The molecule has 5 heteroatoms. The first-order valence-corrected chi connectivity index (χ1v) is 13.1. The van der Waals surface area contributed by atoms with Crippen LogP contribution in [0.4, 0.5) is 0 Å². The van der Waals surface area contributed by atoms with Gasteiger partial charge in [0.2, 0.25) is 0 Å². The van der Waals surface area contributed by atoms with Gasteiger partial charge in [-0.2, -0.15) is 0 Å². The molecule has 0 aliphatic heterocycles. The molecule has 0 aromatic carbocycles. The van der Waals surface area contributed by atoms with E-state index >= 15 is 0 Å². The van der Waals surface area contributed by atoms with Crippen LogP contribution in [0.1, 0.15) is 142 Å². The number of carboxylic acids is 1. The van der Waals surface area contributed by atoms with Crippen molar-refractivity contribution in [1.29, 1.82) is 0 Å². The predicted molar refractivity (Wildman–Crippen MR) is 127 cm³/mol. The van der Waals surface area contributed by atoms with Gasteiger partial charge in [-0.15, -0.1) is 0 Å². The highest BCUT2D eigenvalue weighted by Crippen LogP contribution is 2.16. The van der Waals surface area contributed by atoms with Crippen LogP contribution in [-0.2, 0) is 14.3 Å². The lowest BCUT2D eigenvalue weighted by Gasteiger charge is -2.17. The molecular weight excluding hydrogens is 392 g/mol. The van der Waals surface area contributed by atoms with E-state index in [1.165, 1.54) is 64.2 Å². The second-order valence-electron chi connectivity index (χ2n) is 9.09. The lowest BCUT2D eigenvalue weighted by Crippen LogP contribution is -2.24. The van der Waals surface area contributed by atoms with Gasteiger partial charge in [-0.05, 0) is 19.3 Å². The van der Waals surface area contributed by atoms with Crippen molar-refractivity contribution in [2.75, 3.05) is 0 Å². The highest BCUT2D eigenvalue weighted by Gasteiger charge is 2.20. The molecule has 0 radical (unpaired) electrons. The Bertz CT molecular complexity index is 424.